The molecule has 0 saturated heterocycles. The Kier molecular flexibility index (Phi) is 3.56. The predicted octanol–water partition coefficient (Wildman–Crippen LogP) is 3.57. The predicted molar refractivity (Wildman–Crippen MR) is 71.8 cm³/mol. The lowest BCUT2D eigenvalue weighted by Crippen LogP contribution is -2.04. The first-order valence-electron chi connectivity index (χ1n) is 4.59. The molecule has 0 fully saturated rings. The van der Waals surface area contributed by atoms with E-state index in [4.69, 9.17) is 11.6 Å². The van der Waals surface area contributed by atoms with Gasteiger partial charge in [-0.05, 0) is 46.9 Å². The van der Waals surface area contributed by atoms with E-state index in [1.807, 2.05) is 12.1 Å². The van der Waals surface area contributed by atoms with Crippen molar-refractivity contribution in [1.29, 1.82) is 0 Å². The average Bonchev–Trinajstić information content (AvgIpc) is 2.30. The first-order chi connectivity index (χ1) is 7.70. The van der Waals surface area contributed by atoms with E-state index in [-0.39, 0.29) is 5.78 Å². The first kappa shape index (κ1) is 11.5. The molecule has 0 bridgehead atoms. The molecular formula is C12H7ClINO. The summed E-state index contributed by atoms with van der Waals surface area (Å²) in [4.78, 5) is 16.1. The number of halogens is 2. The molecule has 4 heteroatoms. The maximum atomic E-state index is 12.2. The Morgan fingerprint density at radius 1 is 1.19 bits per heavy atom. The number of carbonyl (C=O) groups excluding carboxylic acids is 1. The molecule has 0 aliphatic carbocycles. The molecule has 0 radical (unpaired) electrons. The van der Waals surface area contributed by atoms with Gasteiger partial charge in [0.1, 0.15) is 0 Å². The maximum Gasteiger partial charge on any atom is 0.195 e. The molecule has 80 valence electrons. The highest BCUT2D eigenvalue weighted by Gasteiger charge is 2.15. The zero-order chi connectivity index (χ0) is 11.5. The molecule has 0 saturated carbocycles. The molecule has 0 aliphatic rings. The molecule has 2 nitrogen and oxygen atoms in total. The Morgan fingerprint density at radius 2 is 1.88 bits per heavy atom. The van der Waals surface area contributed by atoms with Crippen LogP contribution in [0.5, 0.6) is 0 Å². The fraction of sp³-hybridized carbons (Fsp3) is 0. The van der Waals surface area contributed by atoms with Crippen molar-refractivity contribution in [1.82, 2.24) is 4.98 Å². The van der Waals surface area contributed by atoms with Crippen LogP contribution in [0.2, 0.25) is 5.02 Å². The van der Waals surface area contributed by atoms with Crippen molar-refractivity contribution in [3.63, 3.8) is 0 Å². The standard InChI is InChI=1S/C12H7ClINO/c13-9-2-1-3-10(14)11(9)12(16)8-4-6-15-7-5-8/h1-7H. The van der Waals surface area contributed by atoms with Crippen molar-refractivity contribution in [3.8, 4) is 0 Å². The molecule has 1 heterocycles. The van der Waals surface area contributed by atoms with Crippen LogP contribution in [0.3, 0.4) is 0 Å². The molecule has 0 unspecified atom stereocenters. The van der Waals surface area contributed by atoms with Crippen LogP contribution in [-0.2, 0) is 0 Å². The summed E-state index contributed by atoms with van der Waals surface area (Å²) in [7, 11) is 0. The maximum absolute atomic E-state index is 12.2. The summed E-state index contributed by atoms with van der Waals surface area (Å²) in [6, 6.07) is 8.77. The Balaban J connectivity index is 2.50. The van der Waals surface area contributed by atoms with Crippen LogP contribution in [0.25, 0.3) is 0 Å². The molecule has 1 aromatic heterocycles. The van der Waals surface area contributed by atoms with E-state index >= 15 is 0 Å². The molecule has 0 atom stereocenters. The van der Waals surface area contributed by atoms with Crippen LogP contribution in [0.15, 0.2) is 42.7 Å². The van der Waals surface area contributed by atoms with E-state index < -0.39 is 0 Å². The van der Waals surface area contributed by atoms with Gasteiger partial charge in [-0.25, -0.2) is 0 Å². The number of nitrogens with zero attached hydrogens (tertiary/aromatic N) is 1. The zero-order valence-electron chi connectivity index (χ0n) is 8.15. The number of pyridine rings is 1. The number of benzene rings is 1. The van der Waals surface area contributed by atoms with Crippen LogP contribution in [0.4, 0.5) is 0 Å². The smallest absolute Gasteiger partial charge is 0.195 e. The normalized spacial score (nSPS) is 10.1. The Labute approximate surface area is 112 Å². The molecule has 0 amide bonds. The van der Waals surface area contributed by atoms with Gasteiger partial charge in [-0.1, -0.05) is 17.7 Å². The third kappa shape index (κ3) is 2.25. The van der Waals surface area contributed by atoms with E-state index in [0.717, 1.165) is 3.57 Å². The number of hydrogen-bond donors (Lipinski definition) is 0. The van der Waals surface area contributed by atoms with Crippen LogP contribution < -0.4 is 0 Å². The van der Waals surface area contributed by atoms with E-state index in [9.17, 15) is 4.79 Å². The highest BCUT2D eigenvalue weighted by atomic mass is 127. The van der Waals surface area contributed by atoms with Gasteiger partial charge in [-0.15, -0.1) is 0 Å². The molecule has 2 aromatic rings. The van der Waals surface area contributed by atoms with Crippen LogP contribution in [0, 0.1) is 3.57 Å². The van der Waals surface area contributed by atoms with Crippen molar-refractivity contribution in [3.05, 3.63) is 62.4 Å². The molecular weight excluding hydrogens is 336 g/mol. The molecule has 0 spiro atoms. The van der Waals surface area contributed by atoms with E-state index in [2.05, 4.69) is 27.6 Å². The van der Waals surface area contributed by atoms with E-state index in [1.165, 1.54) is 0 Å². The minimum atomic E-state index is -0.0719. The molecule has 2 rings (SSSR count). The van der Waals surface area contributed by atoms with Gasteiger partial charge in [0.2, 0.25) is 0 Å². The monoisotopic (exact) mass is 343 g/mol. The Morgan fingerprint density at radius 3 is 2.50 bits per heavy atom. The van der Waals surface area contributed by atoms with Gasteiger partial charge in [-0.2, -0.15) is 0 Å². The van der Waals surface area contributed by atoms with E-state index in [0.29, 0.717) is 16.1 Å². The second-order valence-electron chi connectivity index (χ2n) is 3.16. The number of hydrogen-bond acceptors (Lipinski definition) is 2. The van der Waals surface area contributed by atoms with Crippen molar-refractivity contribution in [2.75, 3.05) is 0 Å². The SMILES string of the molecule is O=C(c1ccncc1)c1c(Cl)cccc1I. The molecule has 0 aliphatic heterocycles. The number of carbonyl (C=O) groups is 1. The summed E-state index contributed by atoms with van der Waals surface area (Å²) < 4.78 is 0.854. The van der Waals surface area contributed by atoms with Crippen molar-refractivity contribution >= 4 is 40.0 Å². The number of rotatable bonds is 2. The van der Waals surface area contributed by atoms with Gasteiger partial charge in [0.15, 0.2) is 5.78 Å². The van der Waals surface area contributed by atoms with Gasteiger partial charge in [0, 0.05) is 21.5 Å². The molecule has 16 heavy (non-hydrogen) atoms. The summed E-state index contributed by atoms with van der Waals surface area (Å²) >= 11 is 8.14. The number of aromatic nitrogens is 1. The first-order valence-corrected chi connectivity index (χ1v) is 6.04. The summed E-state index contributed by atoms with van der Waals surface area (Å²) in [6.07, 6.45) is 3.19. The lowest BCUT2D eigenvalue weighted by atomic mass is 10.0. The highest BCUT2D eigenvalue weighted by molar-refractivity contribution is 14.1. The highest BCUT2D eigenvalue weighted by Crippen LogP contribution is 2.24. The van der Waals surface area contributed by atoms with Crippen molar-refractivity contribution < 1.29 is 4.79 Å². The second kappa shape index (κ2) is 4.93. The van der Waals surface area contributed by atoms with Crippen LogP contribution >= 0.6 is 34.2 Å². The van der Waals surface area contributed by atoms with Crippen LogP contribution in [0.1, 0.15) is 15.9 Å². The Bertz CT molecular complexity index is 508. The van der Waals surface area contributed by atoms with Gasteiger partial charge in [-0.3, -0.25) is 9.78 Å². The summed E-state index contributed by atoms with van der Waals surface area (Å²) in [6.45, 7) is 0. The number of ketones is 1. The fourth-order valence-corrected chi connectivity index (χ4v) is 2.53. The van der Waals surface area contributed by atoms with Gasteiger partial charge >= 0.3 is 0 Å². The lowest BCUT2D eigenvalue weighted by molar-refractivity contribution is 0.103. The lowest BCUT2D eigenvalue weighted by Gasteiger charge is -2.05. The summed E-state index contributed by atoms with van der Waals surface area (Å²) in [5.41, 5.74) is 1.15. The Hall–Kier alpha value is -0.940. The minimum absolute atomic E-state index is 0.0719. The van der Waals surface area contributed by atoms with Gasteiger partial charge < -0.3 is 0 Å². The largest absolute Gasteiger partial charge is 0.289 e. The molecule has 0 N–H and O–H groups in total. The van der Waals surface area contributed by atoms with Crippen LogP contribution in [-0.4, -0.2) is 10.8 Å². The fourth-order valence-electron chi connectivity index (χ4n) is 1.36. The quantitative estimate of drug-likeness (QED) is 0.616. The molecule has 1 aromatic carbocycles. The van der Waals surface area contributed by atoms with Crippen molar-refractivity contribution in [2.24, 2.45) is 0 Å². The third-order valence-electron chi connectivity index (χ3n) is 2.13. The van der Waals surface area contributed by atoms with Gasteiger partial charge in [0.05, 0.1) is 10.6 Å². The summed E-state index contributed by atoms with van der Waals surface area (Å²) in [5.74, 6) is -0.0719. The third-order valence-corrected chi connectivity index (χ3v) is 3.35. The minimum Gasteiger partial charge on any atom is -0.289 e. The second-order valence-corrected chi connectivity index (χ2v) is 4.73. The summed E-state index contributed by atoms with van der Waals surface area (Å²) in [5, 5.41) is 0.480. The average molecular weight is 344 g/mol. The topological polar surface area (TPSA) is 30.0 Å². The van der Waals surface area contributed by atoms with Gasteiger partial charge in [0.25, 0.3) is 0 Å². The zero-order valence-corrected chi connectivity index (χ0v) is 11.1. The van der Waals surface area contributed by atoms with Crippen molar-refractivity contribution in [2.45, 2.75) is 0 Å². The van der Waals surface area contributed by atoms with E-state index in [1.54, 1.807) is 30.6 Å².